The van der Waals surface area contributed by atoms with Crippen LogP contribution in [0.5, 0.6) is 0 Å². The van der Waals surface area contributed by atoms with Crippen LogP contribution >= 0.6 is 0 Å². The Kier molecular flexibility index (Phi) is 4.52. The Morgan fingerprint density at radius 1 is 1.09 bits per heavy atom. The minimum absolute atomic E-state index is 0.326. The summed E-state index contributed by atoms with van der Waals surface area (Å²) in [6.45, 7) is 2.10. The second-order valence-corrected chi connectivity index (χ2v) is 5.30. The number of esters is 1. The number of hydrogen-bond donors (Lipinski definition) is 0. The van der Waals surface area contributed by atoms with Crippen molar-refractivity contribution in [2.24, 2.45) is 0 Å². The lowest BCUT2D eigenvalue weighted by Crippen LogP contribution is -2.16. The first kappa shape index (κ1) is 15.0. The van der Waals surface area contributed by atoms with E-state index in [4.69, 9.17) is 4.74 Å². The van der Waals surface area contributed by atoms with Crippen molar-refractivity contribution >= 4 is 5.97 Å². The van der Waals surface area contributed by atoms with Gasteiger partial charge in [-0.1, -0.05) is 60.7 Å². The Morgan fingerprint density at radius 3 is 2.39 bits per heavy atom. The van der Waals surface area contributed by atoms with Gasteiger partial charge in [0.1, 0.15) is 0 Å². The predicted octanol–water partition coefficient (Wildman–Crippen LogP) is 3.58. The highest BCUT2D eigenvalue weighted by atomic mass is 16.5. The first-order valence-electron chi connectivity index (χ1n) is 7.51. The predicted molar refractivity (Wildman–Crippen MR) is 87.8 cm³/mol. The normalized spacial score (nSPS) is 11.9. The molecule has 0 bridgehead atoms. The summed E-state index contributed by atoms with van der Waals surface area (Å²) in [7, 11) is 0. The fraction of sp³-hybridized carbons (Fsp3) is 0.158. The van der Waals surface area contributed by atoms with Crippen LogP contribution in [-0.4, -0.2) is 15.5 Å². The van der Waals surface area contributed by atoms with Crippen LogP contribution in [0, 0.1) is 0 Å². The minimum Gasteiger partial charge on any atom is -0.449 e. The third-order valence-electron chi connectivity index (χ3n) is 3.56. The number of carbonyl (C=O) groups is 1. The molecular weight excluding hydrogens is 288 g/mol. The van der Waals surface area contributed by atoms with Crippen molar-refractivity contribution in [3.63, 3.8) is 0 Å². The summed E-state index contributed by atoms with van der Waals surface area (Å²) in [4.78, 5) is 16.0. The van der Waals surface area contributed by atoms with Gasteiger partial charge in [-0.05, 0) is 5.56 Å². The number of hydrogen-bond acceptors (Lipinski definition) is 3. The maximum Gasteiger partial charge on any atom is 0.303 e. The van der Waals surface area contributed by atoms with Crippen LogP contribution in [0.2, 0.25) is 0 Å². The van der Waals surface area contributed by atoms with Crippen LogP contribution < -0.4 is 0 Å². The average Bonchev–Trinajstić information content (AvgIpc) is 3.02. The van der Waals surface area contributed by atoms with E-state index < -0.39 is 6.10 Å². The molecule has 2 aromatic carbocycles. The Morgan fingerprint density at radius 2 is 1.74 bits per heavy atom. The van der Waals surface area contributed by atoms with Crippen LogP contribution in [0.1, 0.15) is 30.0 Å². The van der Waals surface area contributed by atoms with Gasteiger partial charge in [0.05, 0.1) is 0 Å². The molecule has 0 saturated carbocycles. The van der Waals surface area contributed by atoms with E-state index in [1.54, 1.807) is 6.20 Å². The van der Waals surface area contributed by atoms with Crippen molar-refractivity contribution in [2.75, 3.05) is 0 Å². The van der Waals surface area contributed by atoms with E-state index >= 15 is 0 Å². The first-order valence-corrected chi connectivity index (χ1v) is 7.51. The summed E-state index contributed by atoms with van der Waals surface area (Å²) in [5.41, 5.74) is 2.07. The number of carbonyl (C=O) groups excluding carboxylic acids is 1. The van der Waals surface area contributed by atoms with Gasteiger partial charge < -0.3 is 9.30 Å². The van der Waals surface area contributed by atoms with Gasteiger partial charge >= 0.3 is 5.97 Å². The van der Waals surface area contributed by atoms with Gasteiger partial charge in [0.15, 0.2) is 11.9 Å². The van der Waals surface area contributed by atoms with Crippen molar-refractivity contribution in [1.82, 2.24) is 9.55 Å². The maximum atomic E-state index is 11.5. The van der Waals surface area contributed by atoms with E-state index in [0.29, 0.717) is 6.54 Å². The number of nitrogens with zero attached hydrogens (tertiary/aromatic N) is 2. The van der Waals surface area contributed by atoms with Gasteiger partial charge in [0.2, 0.25) is 0 Å². The topological polar surface area (TPSA) is 44.1 Å². The summed E-state index contributed by atoms with van der Waals surface area (Å²) in [6, 6.07) is 19.8. The zero-order valence-electron chi connectivity index (χ0n) is 12.9. The fourth-order valence-electron chi connectivity index (χ4n) is 2.54. The highest BCUT2D eigenvalue weighted by Gasteiger charge is 2.22. The molecule has 0 saturated heterocycles. The van der Waals surface area contributed by atoms with E-state index in [-0.39, 0.29) is 5.97 Å². The van der Waals surface area contributed by atoms with Gasteiger partial charge in [0, 0.05) is 31.4 Å². The van der Waals surface area contributed by atoms with Crippen LogP contribution in [0.3, 0.4) is 0 Å². The first-order chi connectivity index (χ1) is 11.2. The molecule has 0 radical (unpaired) electrons. The molecule has 1 atom stereocenters. The van der Waals surface area contributed by atoms with E-state index in [1.807, 2.05) is 59.3 Å². The van der Waals surface area contributed by atoms with Crippen molar-refractivity contribution in [2.45, 2.75) is 19.6 Å². The quantitative estimate of drug-likeness (QED) is 0.677. The molecule has 1 aromatic heterocycles. The lowest BCUT2D eigenvalue weighted by Gasteiger charge is -2.18. The Bertz CT molecular complexity index is 766. The molecule has 4 nitrogen and oxygen atoms in total. The molecule has 4 heteroatoms. The molecule has 0 aliphatic rings. The van der Waals surface area contributed by atoms with E-state index in [9.17, 15) is 4.79 Å². The molecule has 3 rings (SSSR count). The van der Waals surface area contributed by atoms with Crippen molar-refractivity contribution in [1.29, 1.82) is 0 Å². The standard InChI is InChI=1S/C19H18N2O2/c1-15(22)23-18(17-10-6-3-7-11-17)19-20-12-13-21(19)14-16-8-4-2-5-9-16/h2-13,18H,14H2,1H3. The zero-order chi connectivity index (χ0) is 16.1. The molecule has 0 aliphatic carbocycles. The minimum atomic E-state index is -0.507. The highest BCUT2D eigenvalue weighted by molar-refractivity contribution is 5.66. The zero-order valence-corrected chi connectivity index (χ0v) is 12.9. The number of benzene rings is 2. The van der Waals surface area contributed by atoms with Crippen molar-refractivity contribution < 1.29 is 9.53 Å². The Hall–Kier alpha value is -2.88. The molecule has 0 aliphatic heterocycles. The molecule has 116 valence electrons. The maximum absolute atomic E-state index is 11.5. The summed E-state index contributed by atoms with van der Waals surface area (Å²) in [5, 5.41) is 0. The summed E-state index contributed by atoms with van der Waals surface area (Å²) in [5.74, 6) is 0.392. The van der Waals surface area contributed by atoms with Crippen LogP contribution in [0.4, 0.5) is 0 Å². The molecule has 0 fully saturated rings. The molecule has 3 aromatic rings. The smallest absolute Gasteiger partial charge is 0.303 e. The highest BCUT2D eigenvalue weighted by Crippen LogP contribution is 2.25. The average molecular weight is 306 g/mol. The number of ether oxygens (including phenoxy) is 1. The second kappa shape index (κ2) is 6.92. The lowest BCUT2D eigenvalue weighted by molar-refractivity contribution is -0.145. The van der Waals surface area contributed by atoms with Crippen LogP contribution in [-0.2, 0) is 16.1 Å². The summed E-state index contributed by atoms with van der Waals surface area (Å²) in [6.07, 6.45) is 3.13. The molecular formula is C19H18N2O2. The van der Waals surface area contributed by atoms with Crippen LogP contribution in [0.15, 0.2) is 73.1 Å². The van der Waals surface area contributed by atoms with Gasteiger partial charge in [-0.3, -0.25) is 4.79 Å². The third-order valence-corrected chi connectivity index (χ3v) is 3.56. The van der Waals surface area contributed by atoms with Crippen molar-refractivity contribution in [3.05, 3.63) is 90.0 Å². The fourth-order valence-corrected chi connectivity index (χ4v) is 2.54. The van der Waals surface area contributed by atoms with Gasteiger partial charge in [-0.25, -0.2) is 4.98 Å². The largest absolute Gasteiger partial charge is 0.449 e. The molecule has 1 unspecified atom stereocenters. The molecule has 0 spiro atoms. The number of aromatic nitrogens is 2. The van der Waals surface area contributed by atoms with Gasteiger partial charge in [-0.15, -0.1) is 0 Å². The van der Waals surface area contributed by atoms with E-state index in [0.717, 1.165) is 11.4 Å². The lowest BCUT2D eigenvalue weighted by atomic mass is 10.1. The molecule has 0 amide bonds. The van der Waals surface area contributed by atoms with Crippen LogP contribution in [0.25, 0.3) is 0 Å². The molecule has 23 heavy (non-hydrogen) atoms. The second-order valence-electron chi connectivity index (χ2n) is 5.30. The third kappa shape index (κ3) is 3.66. The van der Waals surface area contributed by atoms with E-state index in [2.05, 4.69) is 17.1 Å². The van der Waals surface area contributed by atoms with E-state index in [1.165, 1.54) is 12.5 Å². The monoisotopic (exact) mass is 306 g/mol. The Labute approximate surface area is 135 Å². The van der Waals surface area contributed by atoms with Gasteiger partial charge in [0.25, 0.3) is 0 Å². The van der Waals surface area contributed by atoms with Crippen molar-refractivity contribution in [3.8, 4) is 0 Å². The summed E-state index contributed by atoms with van der Waals surface area (Å²) >= 11 is 0. The molecule has 0 N–H and O–H groups in total. The number of imidazole rings is 1. The number of rotatable bonds is 5. The molecule has 1 heterocycles. The Balaban J connectivity index is 1.94. The summed E-state index contributed by atoms with van der Waals surface area (Å²) < 4.78 is 7.55. The SMILES string of the molecule is CC(=O)OC(c1ccccc1)c1nccn1Cc1ccccc1. The van der Waals surface area contributed by atoms with Gasteiger partial charge in [-0.2, -0.15) is 0 Å².